The zero-order valence-corrected chi connectivity index (χ0v) is 8.01. The van der Waals surface area contributed by atoms with Crippen LogP contribution in [0.4, 0.5) is 0 Å². The van der Waals surface area contributed by atoms with Crippen LogP contribution in [0, 0.1) is 11.8 Å². The third-order valence-corrected chi connectivity index (χ3v) is 3.19. The molecule has 13 heavy (non-hydrogen) atoms. The SMILES string of the molecule is O=C(NCC1CCCC1)C1CNC1. The summed E-state index contributed by atoms with van der Waals surface area (Å²) in [7, 11) is 0. The second kappa shape index (κ2) is 4.09. The molecule has 1 amide bonds. The van der Waals surface area contributed by atoms with Crippen molar-refractivity contribution in [3.8, 4) is 0 Å². The smallest absolute Gasteiger partial charge is 0.225 e. The topological polar surface area (TPSA) is 41.1 Å². The second-order valence-corrected chi connectivity index (χ2v) is 4.25. The van der Waals surface area contributed by atoms with E-state index < -0.39 is 0 Å². The molecule has 2 aliphatic rings. The van der Waals surface area contributed by atoms with Gasteiger partial charge in [0.05, 0.1) is 5.92 Å². The molecule has 74 valence electrons. The molecule has 1 aliphatic carbocycles. The monoisotopic (exact) mass is 182 g/mol. The van der Waals surface area contributed by atoms with Crippen LogP contribution in [-0.2, 0) is 4.79 Å². The van der Waals surface area contributed by atoms with Gasteiger partial charge in [0.1, 0.15) is 0 Å². The number of rotatable bonds is 3. The fourth-order valence-electron chi connectivity index (χ4n) is 2.08. The van der Waals surface area contributed by atoms with E-state index >= 15 is 0 Å². The highest BCUT2D eigenvalue weighted by Gasteiger charge is 2.25. The summed E-state index contributed by atoms with van der Waals surface area (Å²) in [5, 5.41) is 6.16. The molecule has 0 spiro atoms. The first-order chi connectivity index (χ1) is 6.36. The Hall–Kier alpha value is -0.570. The van der Waals surface area contributed by atoms with Gasteiger partial charge >= 0.3 is 0 Å². The molecule has 2 N–H and O–H groups in total. The molecule has 1 saturated carbocycles. The van der Waals surface area contributed by atoms with Gasteiger partial charge in [-0.25, -0.2) is 0 Å². The Morgan fingerprint density at radius 1 is 1.31 bits per heavy atom. The Morgan fingerprint density at radius 3 is 2.54 bits per heavy atom. The van der Waals surface area contributed by atoms with Crippen LogP contribution >= 0.6 is 0 Å². The van der Waals surface area contributed by atoms with Crippen LogP contribution in [0.3, 0.4) is 0 Å². The molecule has 1 aliphatic heterocycles. The van der Waals surface area contributed by atoms with Crippen LogP contribution in [0.25, 0.3) is 0 Å². The van der Waals surface area contributed by atoms with Crippen LogP contribution < -0.4 is 10.6 Å². The first-order valence-electron chi connectivity index (χ1n) is 5.34. The lowest BCUT2D eigenvalue weighted by Gasteiger charge is -2.26. The van der Waals surface area contributed by atoms with Crippen LogP contribution in [0.5, 0.6) is 0 Å². The van der Waals surface area contributed by atoms with Gasteiger partial charge in [-0.3, -0.25) is 4.79 Å². The van der Waals surface area contributed by atoms with Gasteiger partial charge in [0.25, 0.3) is 0 Å². The lowest BCUT2D eigenvalue weighted by molar-refractivity contribution is -0.126. The molecular weight excluding hydrogens is 164 g/mol. The summed E-state index contributed by atoms with van der Waals surface area (Å²) in [6, 6.07) is 0. The molecule has 0 aromatic heterocycles. The third kappa shape index (κ3) is 2.21. The van der Waals surface area contributed by atoms with Crippen LogP contribution in [0.1, 0.15) is 25.7 Å². The Kier molecular flexibility index (Phi) is 2.83. The average Bonchev–Trinajstić information content (AvgIpc) is 2.49. The quantitative estimate of drug-likeness (QED) is 0.668. The zero-order chi connectivity index (χ0) is 9.10. The molecule has 0 aromatic carbocycles. The highest BCUT2D eigenvalue weighted by atomic mass is 16.2. The van der Waals surface area contributed by atoms with Crippen molar-refractivity contribution < 1.29 is 4.79 Å². The van der Waals surface area contributed by atoms with E-state index in [1.54, 1.807) is 0 Å². The standard InChI is InChI=1S/C10H18N2O/c13-10(9-6-11-7-9)12-5-8-3-1-2-4-8/h8-9,11H,1-7H2,(H,12,13). The molecule has 0 unspecified atom stereocenters. The van der Waals surface area contributed by atoms with Crippen molar-refractivity contribution in [3.05, 3.63) is 0 Å². The molecule has 2 fully saturated rings. The summed E-state index contributed by atoms with van der Waals surface area (Å²) in [6.07, 6.45) is 5.32. The van der Waals surface area contributed by atoms with Gasteiger partial charge in [0, 0.05) is 19.6 Å². The second-order valence-electron chi connectivity index (χ2n) is 4.25. The fourth-order valence-corrected chi connectivity index (χ4v) is 2.08. The maximum Gasteiger partial charge on any atom is 0.225 e. The molecule has 3 heteroatoms. The van der Waals surface area contributed by atoms with Crippen molar-refractivity contribution in [2.24, 2.45) is 11.8 Å². The highest BCUT2D eigenvalue weighted by Crippen LogP contribution is 2.23. The predicted molar refractivity (Wildman–Crippen MR) is 51.3 cm³/mol. The number of carbonyl (C=O) groups excluding carboxylic acids is 1. The van der Waals surface area contributed by atoms with Crippen molar-refractivity contribution in [1.29, 1.82) is 0 Å². The Morgan fingerprint density at radius 2 is 2.00 bits per heavy atom. The summed E-state index contributed by atoms with van der Waals surface area (Å²) in [6.45, 7) is 2.66. The minimum absolute atomic E-state index is 0.251. The van der Waals surface area contributed by atoms with E-state index in [1.165, 1.54) is 25.7 Å². The van der Waals surface area contributed by atoms with Gasteiger partial charge in [-0.2, -0.15) is 0 Å². The summed E-state index contributed by atoms with van der Waals surface area (Å²) in [5.74, 6) is 1.27. The van der Waals surface area contributed by atoms with E-state index in [0.29, 0.717) is 0 Å². The summed E-state index contributed by atoms with van der Waals surface area (Å²) >= 11 is 0. The molecule has 0 bridgehead atoms. The first-order valence-corrected chi connectivity index (χ1v) is 5.34. The third-order valence-electron chi connectivity index (χ3n) is 3.19. The molecule has 0 aromatic rings. The van der Waals surface area contributed by atoms with E-state index in [9.17, 15) is 4.79 Å². The first kappa shape index (κ1) is 9.00. The molecule has 1 saturated heterocycles. The van der Waals surface area contributed by atoms with Gasteiger partial charge in [0.2, 0.25) is 5.91 Å². The predicted octanol–water partition coefficient (Wildman–Crippen LogP) is 0.512. The van der Waals surface area contributed by atoms with Crippen LogP contribution in [0.2, 0.25) is 0 Å². The molecule has 1 heterocycles. The van der Waals surface area contributed by atoms with Crippen molar-refractivity contribution >= 4 is 5.91 Å². The Bertz CT molecular complexity index is 183. The number of hydrogen-bond donors (Lipinski definition) is 2. The van der Waals surface area contributed by atoms with E-state index in [2.05, 4.69) is 10.6 Å². The maximum atomic E-state index is 11.4. The van der Waals surface area contributed by atoms with E-state index in [4.69, 9.17) is 0 Å². The van der Waals surface area contributed by atoms with Gasteiger partial charge in [-0.15, -0.1) is 0 Å². The van der Waals surface area contributed by atoms with Gasteiger partial charge in [-0.1, -0.05) is 12.8 Å². The number of hydrogen-bond acceptors (Lipinski definition) is 2. The maximum absolute atomic E-state index is 11.4. The summed E-state index contributed by atoms with van der Waals surface area (Å²) < 4.78 is 0. The minimum Gasteiger partial charge on any atom is -0.356 e. The summed E-state index contributed by atoms with van der Waals surface area (Å²) in [5.41, 5.74) is 0. The number of amides is 1. The fraction of sp³-hybridized carbons (Fsp3) is 0.900. The average molecular weight is 182 g/mol. The lowest BCUT2D eigenvalue weighted by Crippen LogP contribution is -2.51. The summed E-state index contributed by atoms with van der Waals surface area (Å²) in [4.78, 5) is 11.4. The largest absolute Gasteiger partial charge is 0.356 e. The van der Waals surface area contributed by atoms with Crippen molar-refractivity contribution in [1.82, 2.24) is 10.6 Å². The lowest BCUT2D eigenvalue weighted by atomic mass is 10.0. The Labute approximate surface area is 79.3 Å². The van der Waals surface area contributed by atoms with Gasteiger partial charge in [0.15, 0.2) is 0 Å². The van der Waals surface area contributed by atoms with E-state index in [0.717, 1.165) is 25.6 Å². The molecule has 0 radical (unpaired) electrons. The van der Waals surface area contributed by atoms with E-state index in [-0.39, 0.29) is 11.8 Å². The van der Waals surface area contributed by atoms with Crippen LogP contribution in [-0.4, -0.2) is 25.5 Å². The highest BCUT2D eigenvalue weighted by molar-refractivity contribution is 5.79. The van der Waals surface area contributed by atoms with Crippen molar-refractivity contribution in [2.45, 2.75) is 25.7 Å². The number of nitrogens with one attached hydrogen (secondary N) is 2. The molecule has 3 nitrogen and oxygen atoms in total. The minimum atomic E-state index is 0.251. The molecule has 0 atom stereocenters. The Balaban J connectivity index is 1.63. The molecule has 2 rings (SSSR count). The van der Waals surface area contributed by atoms with E-state index in [1.807, 2.05) is 0 Å². The van der Waals surface area contributed by atoms with Gasteiger partial charge < -0.3 is 10.6 Å². The normalized spacial score (nSPS) is 24.3. The van der Waals surface area contributed by atoms with Gasteiger partial charge in [-0.05, 0) is 18.8 Å². The molecular formula is C10H18N2O. The number of carbonyl (C=O) groups is 1. The van der Waals surface area contributed by atoms with Crippen molar-refractivity contribution in [2.75, 3.05) is 19.6 Å². The zero-order valence-electron chi connectivity index (χ0n) is 8.01. The van der Waals surface area contributed by atoms with Crippen LogP contribution in [0.15, 0.2) is 0 Å². The van der Waals surface area contributed by atoms with Crippen molar-refractivity contribution in [3.63, 3.8) is 0 Å².